The van der Waals surface area contributed by atoms with Crippen LogP contribution < -0.4 is 5.32 Å². The van der Waals surface area contributed by atoms with Gasteiger partial charge in [-0.3, -0.25) is 0 Å². The summed E-state index contributed by atoms with van der Waals surface area (Å²) in [7, 11) is 0. The Labute approximate surface area is 87.4 Å². The SMILES string of the molecule is CCCNCC1CC1(C)C1CCOC1. The molecule has 1 saturated heterocycles. The average molecular weight is 197 g/mol. The summed E-state index contributed by atoms with van der Waals surface area (Å²) >= 11 is 0. The molecular formula is C12H23NO. The molecule has 0 bridgehead atoms. The lowest BCUT2D eigenvalue weighted by molar-refractivity contribution is 0.166. The number of rotatable bonds is 5. The summed E-state index contributed by atoms with van der Waals surface area (Å²) in [5.41, 5.74) is 0.608. The fraction of sp³-hybridized carbons (Fsp3) is 1.00. The Kier molecular flexibility index (Phi) is 3.13. The minimum Gasteiger partial charge on any atom is -0.381 e. The van der Waals surface area contributed by atoms with Crippen molar-refractivity contribution in [1.82, 2.24) is 5.32 Å². The van der Waals surface area contributed by atoms with E-state index in [0.717, 1.165) is 25.0 Å². The second-order valence-corrected chi connectivity index (χ2v) is 5.17. The molecule has 0 aromatic rings. The first-order valence-electron chi connectivity index (χ1n) is 6.06. The molecule has 2 nitrogen and oxygen atoms in total. The molecule has 1 aliphatic heterocycles. The summed E-state index contributed by atoms with van der Waals surface area (Å²) < 4.78 is 5.48. The van der Waals surface area contributed by atoms with E-state index in [1.165, 1.54) is 32.4 Å². The van der Waals surface area contributed by atoms with Crippen LogP contribution >= 0.6 is 0 Å². The van der Waals surface area contributed by atoms with Gasteiger partial charge in [0.25, 0.3) is 0 Å². The molecular weight excluding hydrogens is 174 g/mol. The Hall–Kier alpha value is -0.0800. The average Bonchev–Trinajstić information content (AvgIpc) is 2.69. The molecule has 2 fully saturated rings. The van der Waals surface area contributed by atoms with Crippen molar-refractivity contribution in [3.63, 3.8) is 0 Å². The molecule has 2 aliphatic rings. The molecule has 1 aliphatic carbocycles. The molecule has 82 valence electrons. The van der Waals surface area contributed by atoms with Gasteiger partial charge in [0.1, 0.15) is 0 Å². The molecule has 0 aromatic carbocycles. The van der Waals surface area contributed by atoms with Crippen LogP contribution in [-0.2, 0) is 4.74 Å². The summed E-state index contributed by atoms with van der Waals surface area (Å²) in [5.74, 6) is 1.76. The highest BCUT2D eigenvalue weighted by Crippen LogP contribution is 2.59. The lowest BCUT2D eigenvalue weighted by Gasteiger charge is -2.18. The van der Waals surface area contributed by atoms with Crippen molar-refractivity contribution >= 4 is 0 Å². The fourth-order valence-electron chi connectivity index (χ4n) is 2.79. The van der Waals surface area contributed by atoms with Crippen LogP contribution in [0.2, 0.25) is 0 Å². The van der Waals surface area contributed by atoms with Gasteiger partial charge in [-0.1, -0.05) is 13.8 Å². The molecule has 1 N–H and O–H groups in total. The van der Waals surface area contributed by atoms with Gasteiger partial charge in [0.2, 0.25) is 0 Å². The van der Waals surface area contributed by atoms with Gasteiger partial charge in [0.15, 0.2) is 0 Å². The first-order valence-corrected chi connectivity index (χ1v) is 6.06. The van der Waals surface area contributed by atoms with E-state index in [9.17, 15) is 0 Å². The van der Waals surface area contributed by atoms with Crippen molar-refractivity contribution in [3.8, 4) is 0 Å². The second-order valence-electron chi connectivity index (χ2n) is 5.17. The van der Waals surface area contributed by atoms with Crippen LogP contribution in [0.25, 0.3) is 0 Å². The van der Waals surface area contributed by atoms with Crippen molar-refractivity contribution in [2.75, 3.05) is 26.3 Å². The normalized spacial score (nSPS) is 41.6. The van der Waals surface area contributed by atoms with Crippen LogP contribution in [0.15, 0.2) is 0 Å². The van der Waals surface area contributed by atoms with Gasteiger partial charge in [-0.2, -0.15) is 0 Å². The third-order valence-corrected chi connectivity index (χ3v) is 4.14. The van der Waals surface area contributed by atoms with Crippen LogP contribution in [0.5, 0.6) is 0 Å². The summed E-state index contributed by atoms with van der Waals surface area (Å²) in [5, 5.41) is 3.53. The predicted octanol–water partition coefficient (Wildman–Crippen LogP) is 2.05. The van der Waals surface area contributed by atoms with Crippen molar-refractivity contribution in [3.05, 3.63) is 0 Å². The van der Waals surface area contributed by atoms with Crippen molar-refractivity contribution in [2.45, 2.75) is 33.1 Å². The van der Waals surface area contributed by atoms with Crippen molar-refractivity contribution in [2.24, 2.45) is 17.3 Å². The molecule has 14 heavy (non-hydrogen) atoms. The monoisotopic (exact) mass is 197 g/mol. The van der Waals surface area contributed by atoms with E-state index in [4.69, 9.17) is 4.74 Å². The predicted molar refractivity (Wildman–Crippen MR) is 58.3 cm³/mol. The highest BCUT2D eigenvalue weighted by molar-refractivity contribution is 5.04. The minimum absolute atomic E-state index is 0.608. The molecule has 0 amide bonds. The van der Waals surface area contributed by atoms with E-state index >= 15 is 0 Å². The highest BCUT2D eigenvalue weighted by atomic mass is 16.5. The maximum absolute atomic E-state index is 5.48. The van der Waals surface area contributed by atoms with E-state index < -0.39 is 0 Å². The summed E-state index contributed by atoms with van der Waals surface area (Å²) in [6, 6.07) is 0. The summed E-state index contributed by atoms with van der Waals surface area (Å²) in [6.45, 7) is 9.08. The zero-order chi connectivity index (χ0) is 10.0. The first-order chi connectivity index (χ1) is 6.77. The maximum atomic E-state index is 5.48. The fourth-order valence-corrected chi connectivity index (χ4v) is 2.79. The summed E-state index contributed by atoms with van der Waals surface area (Å²) in [4.78, 5) is 0. The van der Waals surface area contributed by atoms with Crippen molar-refractivity contribution < 1.29 is 4.74 Å². The number of nitrogens with one attached hydrogen (secondary N) is 1. The van der Waals surface area contributed by atoms with Crippen LogP contribution in [0, 0.1) is 17.3 Å². The lowest BCUT2D eigenvalue weighted by atomic mass is 9.88. The quantitative estimate of drug-likeness (QED) is 0.681. The van der Waals surface area contributed by atoms with E-state index in [1.807, 2.05) is 0 Å². The van der Waals surface area contributed by atoms with E-state index in [1.54, 1.807) is 0 Å². The Bertz CT molecular complexity index is 189. The largest absolute Gasteiger partial charge is 0.381 e. The first kappa shape index (κ1) is 10.4. The Morgan fingerprint density at radius 1 is 1.50 bits per heavy atom. The van der Waals surface area contributed by atoms with Gasteiger partial charge in [0.05, 0.1) is 0 Å². The Morgan fingerprint density at radius 2 is 2.36 bits per heavy atom. The van der Waals surface area contributed by atoms with Crippen LogP contribution in [0.1, 0.15) is 33.1 Å². The number of ether oxygens (including phenoxy) is 1. The molecule has 0 aromatic heterocycles. The third-order valence-electron chi connectivity index (χ3n) is 4.14. The zero-order valence-corrected chi connectivity index (χ0v) is 9.51. The maximum Gasteiger partial charge on any atom is 0.0500 e. The number of hydrogen-bond donors (Lipinski definition) is 1. The molecule has 2 rings (SSSR count). The van der Waals surface area contributed by atoms with Crippen molar-refractivity contribution in [1.29, 1.82) is 0 Å². The van der Waals surface area contributed by atoms with Gasteiger partial charge in [-0.15, -0.1) is 0 Å². The third kappa shape index (κ3) is 1.96. The number of hydrogen-bond acceptors (Lipinski definition) is 2. The molecule has 3 unspecified atom stereocenters. The van der Waals surface area contributed by atoms with Gasteiger partial charge >= 0.3 is 0 Å². The molecule has 1 saturated carbocycles. The standard InChI is InChI=1S/C12H23NO/c1-3-5-13-8-11-7-12(11,2)10-4-6-14-9-10/h10-11,13H,3-9H2,1-2H3. The van der Waals surface area contributed by atoms with Gasteiger partial charge in [-0.05, 0) is 49.6 Å². The topological polar surface area (TPSA) is 21.3 Å². The molecule has 0 radical (unpaired) electrons. The van der Waals surface area contributed by atoms with Crippen LogP contribution in [-0.4, -0.2) is 26.3 Å². The smallest absolute Gasteiger partial charge is 0.0500 e. The Morgan fingerprint density at radius 3 is 3.00 bits per heavy atom. The Balaban J connectivity index is 1.72. The summed E-state index contributed by atoms with van der Waals surface area (Å²) in [6.07, 6.45) is 3.95. The minimum atomic E-state index is 0.608. The van der Waals surface area contributed by atoms with Crippen LogP contribution in [0.3, 0.4) is 0 Å². The van der Waals surface area contributed by atoms with E-state index in [0.29, 0.717) is 5.41 Å². The van der Waals surface area contributed by atoms with E-state index in [-0.39, 0.29) is 0 Å². The highest BCUT2D eigenvalue weighted by Gasteiger charge is 2.54. The molecule has 0 spiro atoms. The van der Waals surface area contributed by atoms with Gasteiger partial charge in [0, 0.05) is 13.2 Å². The molecule has 1 heterocycles. The van der Waals surface area contributed by atoms with E-state index in [2.05, 4.69) is 19.2 Å². The molecule has 3 atom stereocenters. The zero-order valence-electron chi connectivity index (χ0n) is 9.51. The lowest BCUT2D eigenvalue weighted by Crippen LogP contribution is -2.23. The van der Waals surface area contributed by atoms with Gasteiger partial charge in [-0.25, -0.2) is 0 Å². The molecule has 2 heteroatoms. The van der Waals surface area contributed by atoms with Crippen LogP contribution in [0.4, 0.5) is 0 Å². The second kappa shape index (κ2) is 4.19. The van der Waals surface area contributed by atoms with Gasteiger partial charge < -0.3 is 10.1 Å².